The highest BCUT2D eigenvalue weighted by atomic mass is 16.5. The molecule has 3 aromatic rings. The molecule has 1 N–H and O–H groups in total. The second-order valence-corrected chi connectivity index (χ2v) is 6.06. The van der Waals surface area contributed by atoms with Crippen LogP contribution in [0, 0.1) is 0 Å². The fourth-order valence-electron chi connectivity index (χ4n) is 2.54. The number of carbonyl (C=O) groups is 1. The van der Waals surface area contributed by atoms with E-state index in [2.05, 4.69) is 20.6 Å². The van der Waals surface area contributed by atoms with E-state index >= 15 is 0 Å². The molecule has 0 aromatic carbocycles. The van der Waals surface area contributed by atoms with E-state index in [0.29, 0.717) is 18.2 Å². The van der Waals surface area contributed by atoms with E-state index in [1.807, 2.05) is 19.3 Å². The SMILES string of the molecule is Cn1cc(-c2cncc(CNC(=O)c3cc(C4CC4)on3)c2)cn1. The monoisotopic (exact) mass is 323 g/mol. The predicted molar refractivity (Wildman–Crippen MR) is 86.1 cm³/mol. The molecule has 1 fully saturated rings. The number of rotatable bonds is 5. The van der Waals surface area contributed by atoms with Crippen molar-refractivity contribution < 1.29 is 9.32 Å². The van der Waals surface area contributed by atoms with E-state index in [1.54, 1.807) is 29.3 Å². The molecule has 7 nitrogen and oxygen atoms in total. The normalized spacial score (nSPS) is 13.9. The molecule has 4 rings (SSSR count). The van der Waals surface area contributed by atoms with Gasteiger partial charge in [-0.1, -0.05) is 5.16 Å². The molecule has 1 amide bonds. The Labute approximate surface area is 138 Å². The van der Waals surface area contributed by atoms with Crippen molar-refractivity contribution in [3.8, 4) is 11.1 Å². The Hall–Kier alpha value is -2.96. The maximum atomic E-state index is 12.2. The quantitative estimate of drug-likeness (QED) is 0.778. The second-order valence-electron chi connectivity index (χ2n) is 6.06. The van der Waals surface area contributed by atoms with Crippen molar-refractivity contribution in [2.75, 3.05) is 0 Å². The van der Waals surface area contributed by atoms with Gasteiger partial charge in [-0.2, -0.15) is 5.10 Å². The van der Waals surface area contributed by atoms with Gasteiger partial charge >= 0.3 is 0 Å². The van der Waals surface area contributed by atoms with Crippen LogP contribution in [0.4, 0.5) is 0 Å². The zero-order valence-corrected chi connectivity index (χ0v) is 13.3. The zero-order valence-electron chi connectivity index (χ0n) is 13.3. The smallest absolute Gasteiger partial charge is 0.273 e. The molecular weight excluding hydrogens is 306 g/mol. The number of hydrogen-bond acceptors (Lipinski definition) is 5. The molecular formula is C17H17N5O2. The van der Waals surface area contributed by atoms with Gasteiger partial charge < -0.3 is 9.84 Å². The third-order valence-corrected chi connectivity index (χ3v) is 4.03. The Morgan fingerprint density at radius 1 is 1.29 bits per heavy atom. The van der Waals surface area contributed by atoms with Crippen molar-refractivity contribution in [3.63, 3.8) is 0 Å². The van der Waals surface area contributed by atoms with Gasteiger partial charge in [-0.3, -0.25) is 14.5 Å². The second kappa shape index (κ2) is 5.92. The number of amides is 1. The van der Waals surface area contributed by atoms with Gasteiger partial charge in [-0.05, 0) is 24.5 Å². The minimum atomic E-state index is -0.238. The summed E-state index contributed by atoms with van der Waals surface area (Å²) in [7, 11) is 1.87. The van der Waals surface area contributed by atoms with Gasteiger partial charge in [0, 0.05) is 55.3 Å². The van der Waals surface area contributed by atoms with E-state index in [0.717, 1.165) is 35.3 Å². The molecule has 0 unspecified atom stereocenters. The molecule has 0 aliphatic heterocycles. The number of aromatic nitrogens is 4. The average molecular weight is 323 g/mol. The first-order valence-corrected chi connectivity index (χ1v) is 7.87. The summed E-state index contributed by atoms with van der Waals surface area (Å²) >= 11 is 0. The summed E-state index contributed by atoms with van der Waals surface area (Å²) in [6, 6.07) is 3.72. The van der Waals surface area contributed by atoms with Crippen molar-refractivity contribution in [2.24, 2.45) is 7.05 Å². The van der Waals surface area contributed by atoms with Gasteiger partial charge in [0.25, 0.3) is 5.91 Å². The maximum absolute atomic E-state index is 12.2. The summed E-state index contributed by atoms with van der Waals surface area (Å²) in [5, 5.41) is 10.9. The number of nitrogens with one attached hydrogen (secondary N) is 1. The van der Waals surface area contributed by atoms with Crippen LogP contribution < -0.4 is 5.32 Å². The van der Waals surface area contributed by atoms with E-state index < -0.39 is 0 Å². The first-order valence-electron chi connectivity index (χ1n) is 7.87. The van der Waals surface area contributed by atoms with Gasteiger partial charge in [-0.15, -0.1) is 0 Å². The van der Waals surface area contributed by atoms with Crippen molar-refractivity contribution in [1.82, 2.24) is 25.2 Å². The molecule has 7 heteroatoms. The van der Waals surface area contributed by atoms with Gasteiger partial charge in [0.1, 0.15) is 5.76 Å². The standard InChI is InChI=1S/C17H17N5O2/c1-22-10-14(9-20-22)13-4-11(6-18-8-13)7-19-17(23)15-5-16(24-21-15)12-2-3-12/h4-6,8-10,12H,2-3,7H2,1H3,(H,19,23). The van der Waals surface area contributed by atoms with Crippen molar-refractivity contribution in [1.29, 1.82) is 0 Å². The first-order chi connectivity index (χ1) is 11.7. The summed E-state index contributed by atoms with van der Waals surface area (Å²) in [6.07, 6.45) is 9.45. The Morgan fingerprint density at radius 3 is 2.92 bits per heavy atom. The van der Waals surface area contributed by atoms with Crippen molar-refractivity contribution in [2.45, 2.75) is 25.3 Å². The lowest BCUT2D eigenvalue weighted by Gasteiger charge is -2.04. The molecule has 0 saturated heterocycles. The molecule has 3 aromatic heterocycles. The number of hydrogen-bond donors (Lipinski definition) is 1. The lowest BCUT2D eigenvalue weighted by Crippen LogP contribution is -2.23. The van der Waals surface area contributed by atoms with Gasteiger partial charge in [-0.25, -0.2) is 0 Å². The molecule has 0 bridgehead atoms. The Kier molecular flexibility index (Phi) is 3.60. The molecule has 1 aliphatic carbocycles. The molecule has 1 aliphatic rings. The predicted octanol–water partition coefficient (Wildman–Crippen LogP) is 2.28. The van der Waals surface area contributed by atoms with Crippen LogP contribution in [0.2, 0.25) is 0 Å². The highest BCUT2D eigenvalue weighted by Gasteiger charge is 2.28. The number of pyridine rings is 1. The third kappa shape index (κ3) is 3.05. The van der Waals surface area contributed by atoms with Crippen LogP contribution in [0.3, 0.4) is 0 Å². The largest absolute Gasteiger partial charge is 0.360 e. The number of nitrogens with zero attached hydrogens (tertiary/aromatic N) is 4. The van der Waals surface area contributed by atoms with Gasteiger partial charge in [0.2, 0.25) is 0 Å². The van der Waals surface area contributed by atoms with Crippen LogP contribution in [-0.4, -0.2) is 25.8 Å². The van der Waals surface area contributed by atoms with Crippen LogP contribution in [0.15, 0.2) is 41.4 Å². The summed E-state index contributed by atoms with van der Waals surface area (Å²) in [6.45, 7) is 0.381. The topological polar surface area (TPSA) is 85.8 Å². The average Bonchev–Trinajstić information content (AvgIpc) is 3.16. The minimum Gasteiger partial charge on any atom is -0.360 e. The van der Waals surface area contributed by atoms with Crippen molar-refractivity contribution >= 4 is 5.91 Å². The number of aryl methyl sites for hydroxylation is 1. The summed E-state index contributed by atoms with van der Waals surface area (Å²) in [5.41, 5.74) is 3.19. The fraction of sp³-hybridized carbons (Fsp3) is 0.294. The molecule has 122 valence electrons. The highest BCUT2D eigenvalue weighted by molar-refractivity contribution is 5.92. The number of carbonyl (C=O) groups excluding carboxylic acids is 1. The van der Waals surface area contributed by atoms with E-state index in [-0.39, 0.29) is 5.91 Å². The van der Waals surface area contributed by atoms with Gasteiger partial charge in [0.05, 0.1) is 6.20 Å². The van der Waals surface area contributed by atoms with Crippen LogP contribution in [0.5, 0.6) is 0 Å². The van der Waals surface area contributed by atoms with Crippen molar-refractivity contribution in [3.05, 3.63) is 53.9 Å². The Morgan fingerprint density at radius 2 is 2.17 bits per heavy atom. The first kappa shape index (κ1) is 14.6. The van der Waals surface area contributed by atoms with Crippen LogP contribution in [-0.2, 0) is 13.6 Å². The summed E-state index contributed by atoms with van der Waals surface area (Å²) in [4.78, 5) is 16.4. The Bertz CT molecular complexity index is 879. The van der Waals surface area contributed by atoms with Crippen LogP contribution in [0.1, 0.15) is 40.6 Å². The Balaban J connectivity index is 1.42. The lowest BCUT2D eigenvalue weighted by molar-refractivity contribution is 0.0941. The summed E-state index contributed by atoms with van der Waals surface area (Å²) < 4.78 is 6.95. The lowest BCUT2D eigenvalue weighted by atomic mass is 10.1. The maximum Gasteiger partial charge on any atom is 0.273 e. The molecule has 3 heterocycles. The minimum absolute atomic E-state index is 0.238. The zero-order chi connectivity index (χ0) is 16.5. The molecule has 24 heavy (non-hydrogen) atoms. The van der Waals surface area contributed by atoms with Crippen LogP contribution in [0.25, 0.3) is 11.1 Å². The fourth-order valence-corrected chi connectivity index (χ4v) is 2.54. The van der Waals surface area contributed by atoms with E-state index in [4.69, 9.17) is 4.52 Å². The molecule has 0 atom stereocenters. The molecule has 0 spiro atoms. The van der Waals surface area contributed by atoms with E-state index in [1.165, 1.54) is 0 Å². The van der Waals surface area contributed by atoms with Gasteiger partial charge in [0.15, 0.2) is 5.69 Å². The highest BCUT2D eigenvalue weighted by Crippen LogP contribution is 2.40. The summed E-state index contributed by atoms with van der Waals surface area (Å²) in [5.74, 6) is 1.01. The van der Waals surface area contributed by atoms with E-state index in [9.17, 15) is 4.79 Å². The third-order valence-electron chi connectivity index (χ3n) is 4.03. The van der Waals surface area contributed by atoms with Crippen LogP contribution >= 0.6 is 0 Å². The molecule has 0 radical (unpaired) electrons. The molecule has 1 saturated carbocycles.